The lowest BCUT2D eigenvalue weighted by molar-refractivity contribution is -0.121. The topological polar surface area (TPSA) is 32.3 Å². The number of hydrogen-bond acceptors (Lipinski definition) is 2. The molecule has 3 nitrogen and oxygen atoms in total. The third kappa shape index (κ3) is 4.34. The molecule has 0 aromatic heterocycles. The monoisotopic (exact) mass is 346 g/mol. The van der Waals surface area contributed by atoms with Gasteiger partial charge in [-0.25, -0.2) is 4.39 Å². The van der Waals surface area contributed by atoms with Crippen LogP contribution in [0.25, 0.3) is 0 Å². The van der Waals surface area contributed by atoms with E-state index < -0.39 is 0 Å². The Labute approximate surface area is 146 Å². The lowest BCUT2D eigenvalue weighted by Crippen LogP contribution is -2.40. The Hall–Kier alpha value is -1.91. The number of halogens is 2. The predicted octanol–water partition coefficient (Wildman–Crippen LogP) is 4.33. The Morgan fingerprint density at radius 1 is 1.21 bits per heavy atom. The van der Waals surface area contributed by atoms with Crippen LogP contribution in [0.1, 0.15) is 18.4 Å². The summed E-state index contributed by atoms with van der Waals surface area (Å²) >= 11 is 6.23. The molecule has 1 unspecified atom stereocenters. The number of benzene rings is 2. The molecule has 1 saturated heterocycles. The van der Waals surface area contributed by atoms with Crippen LogP contribution in [0.5, 0.6) is 0 Å². The zero-order valence-electron chi connectivity index (χ0n) is 13.3. The van der Waals surface area contributed by atoms with E-state index in [1.165, 1.54) is 12.1 Å². The van der Waals surface area contributed by atoms with Crippen molar-refractivity contribution in [2.75, 3.05) is 18.4 Å². The molecule has 1 aliphatic heterocycles. The highest BCUT2D eigenvalue weighted by Crippen LogP contribution is 2.23. The second-order valence-electron chi connectivity index (χ2n) is 6.16. The van der Waals surface area contributed by atoms with Gasteiger partial charge < -0.3 is 5.32 Å². The molecule has 2 aromatic carbocycles. The third-order valence-corrected chi connectivity index (χ3v) is 4.71. The van der Waals surface area contributed by atoms with Crippen LogP contribution < -0.4 is 5.32 Å². The normalized spacial score (nSPS) is 18.3. The molecule has 1 amide bonds. The number of anilines is 1. The number of hydrogen-bond donors (Lipinski definition) is 1. The van der Waals surface area contributed by atoms with Gasteiger partial charge in [-0.2, -0.15) is 0 Å². The van der Waals surface area contributed by atoms with Gasteiger partial charge in [0.15, 0.2) is 0 Å². The Morgan fingerprint density at radius 2 is 1.96 bits per heavy atom. The number of carbonyl (C=O) groups is 1. The van der Waals surface area contributed by atoms with Crippen molar-refractivity contribution < 1.29 is 9.18 Å². The molecule has 1 aliphatic rings. The summed E-state index contributed by atoms with van der Waals surface area (Å²) in [5.74, 6) is -0.381. The molecule has 1 heterocycles. The Balaban J connectivity index is 1.59. The number of likely N-dealkylation sites (tertiary alicyclic amines) is 1. The average molecular weight is 347 g/mol. The van der Waals surface area contributed by atoms with Crippen LogP contribution in [-0.4, -0.2) is 23.9 Å². The Bertz CT molecular complexity index is 705. The fourth-order valence-electron chi connectivity index (χ4n) is 3.06. The summed E-state index contributed by atoms with van der Waals surface area (Å²) < 4.78 is 12.9. The molecule has 3 rings (SSSR count). The minimum Gasteiger partial charge on any atom is -0.326 e. The largest absolute Gasteiger partial charge is 0.326 e. The Morgan fingerprint density at radius 3 is 2.71 bits per heavy atom. The molecule has 0 saturated carbocycles. The first-order valence-electron chi connectivity index (χ1n) is 8.14. The van der Waals surface area contributed by atoms with Gasteiger partial charge in [0, 0.05) is 23.8 Å². The summed E-state index contributed by atoms with van der Waals surface area (Å²) in [4.78, 5) is 14.7. The standard InChI is InChI=1S/C19H20ClFN2O/c20-18-6-2-1-4-14(18)12-23-11-3-5-15(13-23)19(24)22-17-9-7-16(21)8-10-17/h1-2,4,6-10,15H,3,5,11-13H2,(H,22,24). The van der Waals surface area contributed by atoms with Gasteiger partial charge in [-0.15, -0.1) is 0 Å². The first-order valence-corrected chi connectivity index (χ1v) is 8.52. The minimum atomic E-state index is -0.309. The fraction of sp³-hybridized carbons (Fsp3) is 0.316. The molecule has 126 valence electrons. The Kier molecular flexibility index (Phi) is 5.48. The minimum absolute atomic E-state index is 0.00883. The first kappa shape index (κ1) is 16.9. The maximum Gasteiger partial charge on any atom is 0.228 e. The number of carbonyl (C=O) groups excluding carboxylic acids is 1. The second kappa shape index (κ2) is 7.77. The molecular weight excluding hydrogens is 327 g/mol. The van der Waals surface area contributed by atoms with E-state index in [1.54, 1.807) is 12.1 Å². The molecule has 0 bridgehead atoms. The van der Waals surface area contributed by atoms with E-state index in [1.807, 2.05) is 24.3 Å². The molecule has 0 spiro atoms. The zero-order chi connectivity index (χ0) is 16.9. The van der Waals surface area contributed by atoms with E-state index in [2.05, 4.69) is 10.2 Å². The quantitative estimate of drug-likeness (QED) is 0.893. The number of nitrogens with one attached hydrogen (secondary N) is 1. The molecule has 1 fully saturated rings. The third-order valence-electron chi connectivity index (χ3n) is 4.34. The van der Waals surface area contributed by atoms with Crippen molar-refractivity contribution in [1.82, 2.24) is 4.90 Å². The summed E-state index contributed by atoms with van der Waals surface area (Å²) in [5.41, 5.74) is 1.71. The van der Waals surface area contributed by atoms with Crippen LogP contribution in [0.2, 0.25) is 5.02 Å². The molecule has 2 aromatic rings. The van der Waals surface area contributed by atoms with E-state index in [9.17, 15) is 9.18 Å². The zero-order valence-corrected chi connectivity index (χ0v) is 14.1. The van der Waals surface area contributed by atoms with E-state index >= 15 is 0 Å². The van der Waals surface area contributed by atoms with Crippen molar-refractivity contribution in [3.8, 4) is 0 Å². The molecule has 0 aliphatic carbocycles. The van der Waals surface area contributed by atoms with Crippen molar-refractivity contribution in [2.45, 2.75) is 19.4 Å². The highest BCUT2D eigenvalue weighted by Gasteiger charge is 2.26. The number of rotatable bonds is 4. The van der Waals surface area contributed by atoms with Crippen molar-refractivity contribution in [1.29, 1.82) is 0 Å². The lowest BCUT2D eigenvalue weighted by Gasteiger charge is -2.32. The van der Waals surface area contributed by atoms with E-state index in [4.69, 9.17) is 11.6 Å². The summed E-state index contributed by atoms with van der Waals surface area (Å²) in [5, 5.41) is 3.64. The van der Waals surface area contributed by atoms with Crippen LogP contribution in [0.15, 0.2) is 48.5 Å². The number of nitrogens with zero attached hydrogens (tertiary/aromatic N) is 1. The van der Waals surface area contributed by atoms with E-state index in [0.717, 1.165) is 36.5 Å². The van der Waals surface area contributed by atoms with Crippen molar-refractivity contribution >= 4 is 23.2 Å². The number of amides is 1. The van der Waals surface area contributed by atoms with E-state index in [0.29, 0.717) is 12.2 Å². The maximum atomic E-state index is 12.9. The van der Waals surface area contributed by atoms with Gasteiger partial charge in [0.25, 0.3) is 0 Å². The smallest absolute Gasteiger partial charge is 0.228 e. The van der Waals surface area contributed by atoms with Gasteiger partial charge in [-0.05, 0) is 55.3 Å². The van der Waals surface area contributed by atoms with Gasteiger partial charge >= 0.3 is 0 Å². The first-order chi connectivity index (χ1) is 11.6. The molecular formula is C19H20ClFN2O. The predicted molar refractivity (Wildman–Crippen MR) is 94.5 cm³/mol. The highest BCUT2D eigenvalue weighted by molar-refractivity contribution is 6.31. The average Bonchev–Trinajstić information content (AvgIpc) is 2.59. The van der Waals surface area contributed by atoms with Crippen molar-refractivity contribution in [3.63, 3.8) is 0 Å². The van der Waals surface area contributed by atoms with E-state index in [-0.39, 0.29) is 17.6 Å². The van der Waals surface area contributed by atoms with Crippen LogP contribution in [-0.2, 0) is 11.3 Å². The molecule has 0 radical (unpaired) electrons. The summed E-state index contributed by atoms with van der Waals surface area (Å²) in [6, 6.07) is 13.7. The SMILES string of the molecule is O=C(Nc1ccc(F)cc1)C1CCCN(Cc2ccccc2Cl)C1. The maximum absolute atomic E-state index is 12.9. The molecule has 1 N–H and O–H groups in total. The number of piperidine rings is 1. The molecule has 24 heavy (non-hydrogen) atoms. The summed E-state index contributed by atoms with van der Waals surface area (Å²) in [6.07, 6.45) is 1.85. The van der Waals surface area contributed by atoms with Gasteiger partial charge in [0.2, 0.25) is 5.91 Å². The molecule has 5 heteroatoms. The van der Waals surface area contributed by atoms with Crippen LogP contribution in [0.3, 0.4) is 0 Å². The molecule has 1 atom stereocenters. The second-order valence-corrected chi connectivity index (χ2v) is 6.57. The van der Waals surface area contributed by atoms with Crippen LogP contribution in [0, 0.1) is 11.7 Å². The van der Waals surface area contributed by atoms with Gasteiger partial charge in [-0.1, -0.05) is 29.8 Å². The van der Waals surface area contributed by atoms with Crippen LogP contribution in [0.4, 0.5) is 10.1 Å². The summed E-state index contributed by atoms with van der Waals surface area (Å²) in [6.45, 7) is 2.42. The summed E-state index contributed by atoms with van der Waals surface area (Å²) in [7, 11) is 0. The highest BCUT2D eigenvalue weighted by atomic mass is 35.5. The van der Waals surface area contributed by atoms with Gasteiger partial charge in [0.05, 0.1) is 5.92 Å². The van der Waals surface area contributed by atoms with Crippen LogP contribution >= 0.6 is 11.6 Å². The fourth-order valence-corrected chi connectivity index (χ4v) is 3.25. The van der Waals surface area contributed by atoms with Gasteiger partial charge in [0.1, 0.15) is 5.82 Å². The van der Waals surface area contributed by atoms with Gasteiger partial charge in [-0.3, -0.25) is 9.69 Å². The van der Waals surface area contributed by atoms with Crippen molar-refractivity contribution in [3.05, 3.63) is 64.9 Å². The lowest BCUT2D eigenvalue weighted by atomic mass is 9.96. The van der Waals surface area contributed by atoms with Crippen molar-refractivity contribution in [2.24, 2.45) is 5.92 Å².